The van der Waals surface area contributed by atoms with Crippen molar-refractivity contribution >= 4 is 27.7 Å². The Morgan fingerprint density at radius 2 is 2.16 bits per heavy atom. The van der Waals surface area contributed by atoms with Crippen LogP contribution in [0.3, 0.4) is 0 Å². The molecule has 19 heavy (non-hydrogen) atoms. The van der Waals surface area contributed by atoms with Gasteiger partial charge < -0.3 is 10.2 Å². The van der Waals surface area contributed by atoms with Gasteiger partial charge in [0.05, 0.1) is 29.0 Å². The van der Waals surface area contributed by atoms with E-state index in [0.717, 1.165) is 15.9 Å². The predicted molar refractivity (Wildman–Crippen MR) is 73.3 cm³/mol. The minimum Gasteiger partial charge on any atom is -0.345 e. The van der Waals surface area contributed by atoms with Gasteiger partial charge in [-0.1, -0.05) is 6.92 Å². The van der Waals surface area contributed by atoms with Crippen molar-refractivity contribution in [2.24, 2.45) is 7.05 Å². The Hall–Kier alpha value is -1.37. The molecule has 1 aliphatic rings. The molecule has 0 aromatic carbocycles. The minimum absolute atomic E-state index is 0.0581. The lowest BCUT2D eigenvalue weighted by Gasteiger charge is -2.34. The van der Waals surface area contributed by atoms with Crippen LogP contribution in [-0.4, -0.2) is 39.1 Å². The Morgan fingerprint density at radius 1 is 1.47 bits per heavy atom. The molecule has 0 aliphatic carbocycles. The van der Waals surface area contributed by atoms with Crippen molar-refractivity contribution in [2.75, 3.05) is 6.54 Å². The number of hydrogen-bond donors (Lipinski definition) is 1. The number of amides is 2. The quantitative estimate of drug-likeness (QED) is 0.889. The molecule has 1 aliphatic heterocycles. The number of nitrogens with zero attached hydrogens (tertiary/aromatic N) is 3. The molecule has 1 saturated heterocycles. The van der Waals surface area contributed by atoms with E-state index in [9.17, 15) is 9.59 Å². The van der Waals surface area contributed by atoms with E-state index in [0.29, 0.717) is 13.0 Å². The summed E-state index contributed by atoms with van der Waals surface area (Å²) in [5.74, 6) is -0.144. The van der Waals surface area contributed by atoms with Gasteiger partial charge in [0.2, 0.25) is 11.8 Å². The van der Waals surface area contributed by atoms with E-state index in [1.54, 1.807) is 9.58 Å². The zero-order valence-corrected chi connectivity index (χ0v) is 12.8. The summed E-state index contributed by atoms with van der Waals surface area (Å²) < 4.78 is 2.63. The maximum Gasteiger partial charge on any atom is 0.243 e. The fourth-order valence-corrected chi connectivity index (χ4v) is 2.78. The van der Waals surface area contributed by atoms with Crippen molar-refractivity contribution < 1.29 is 9.59 Å². The third-order valence-corrected chi connectivity index (χ3v) is 4.41. The average Bonchev–Trinajstić information content (AvgIpc) is 2.60. The fourth-order valence-electron chi connectivity index (χ4n) is 2.31. The summed E-state index contributed by atoms with van der Waals surface area (Å²) in [6.45, 7) is 4.27. The monoisotopic (exact) mass is 328 g/mol. The molecule has 0 spiro atoms. The van der Waals surface area contributed by atoms with Crippen LogP contribution in [0, 0.1) is 6.92 Å². The summed E-state index contributed by atoms with van der Waals surface area (Å²) in [5, 5.41) is 6.92. The summed E-state index contributed by atoms with van der Waals surface area (Å²) in [6, 6.07) is -0.400. The highest BCUT2D eigenvalue weighted by molar-refractivity contribution is 9.10. The predicted octanol–water partition coefficient (Wildman–Crippen LogP) is 0.728. The highest BCUT2D eigenvalue weighted by atomic mass is 79.9. The topological polar surface area (TPSA) is 67.2 Å². The molecule has 1 unspecified atom stereocenters. The molecule has 0 radical (unpaired) electrons. The van der Waals surface area contributed by atoms with Crippen LogP contribution < -0.4 is 5.32 Å². The first-order valence-electron chi connectivity index (χ1n) is 6.20. The van der Waals surface area contributed by atoms with Gasteiger partial charge in [0, 0.05) is 7.05 Å². The zero-order chi connectivity index (χ0) is 14.2. The van der Waals surface area contributed by atoms with E-state index < -0.39 is 6.04 Å². The molecule has 1 N–H and O–H groups in total. The van der Waals surface area contributed by atoms with E-state index in [1.807, 2.05) is 20.9 Å². The van der Waals surface area contributed by atoms with Crippen molar-refractivity contribution in [2.45, 2.75) is 32.9 Å². The normalized spacial score (nSPS) is 19.8. The molecule has 7 heteroatoms. The Balaban J connectivity index is 2.29. The van der Waals surface area contributed by atoms with Crippen LogP contribution in [0.25, 0.3) is 0 Å². The molecule has 0 bridgehead atoms. The van der Waals surface area contributed by atoms with Gasteiger partial charge >= 0.3 is 0 Å². The number of carbonyl (C=O) groups is 2. The number of rotatable bonds is 3. The molecule has 1 atom stereocenters. The molecule has 104 valence electrons. The zero-order valence-electron chi connectivity index (χ0n) is 11.2. The number of halogens is 1. The van der Waals surface area contributed by atoms with Gasteiger partial charge in [-0.3, -0.25) is 14.3 Å². The second-order valence-corrected chi connectivity index (χ2v) is 5.43. The average molecular weight is 329 g/mol. The lowest BCUT2D eigenvalue weighted by atomic mass is 10.1. The largest absolute Gasteiger partial charge is 0.345 e. The van der Waals surface area contributed by atoms with Crippen molar-refractivity contribution in [3.05, 3.63) is 15.9 Å². The standard InChI is InChI=1S/C12H17BrN4O2/c1-4-8-12(19)14-5-10(18)17(8)6-9-11(13)7(2)15-16(9)3/h8H,4-6H2,1-3H3,(H,14,19). The van der Waals surface area contributed by atoms with E-state index in [-0.39, 0.29) is 18.4 Å². The number of carbonyl (C=O) groups excluding carboxylic acids is 2. The maximum atomic E-state index is 12.0. The molecule has 6 nitrogen and oxygen atoms in total. The van der Waals surface area contributed by atoms with Crippen molar-refractivity contribution in [3.63, 3.8) is 0 Å². The van der Waals surface area contributed by atoms with Crippen LogP contribution in [0.1, 0.15) is 24.7 Å². The third-order valence-electron chi connectivity index (χ3n) is 3.38. The summed E-state index contributed by atoms with van der Waals surface area (Å²) >= 11 is 3.48. The molecule has 2 heterocycles. The van der Waals surface area contributed by atoms with Gasteiger partial charge in [-0.05, 0) is 29.3 Å². The Morgan fingerprint density at radius 3 is 2.68 bits per heavy atom. The van der Waals surface area contributed by atoms with Crippen LogP contribution in [0.2, 0.25) is 0 Å². The Labute approximate surface area is 120 Å². The molecule has 1 aromatic heterocycles. The Bertz CT molecular complexity index is 526. The molecular formula is C12H17BrN4O2. The summed E-state index contributed by atoms with van der Waals surface area (Å²) in [4.78, 5) is 25.4. The van der Waals surface area contributed by atoms with Gasteiger partial charge in [0.15, 0.2) is 0 Å². The summed E-state index contributed by atoms with van der Waals surface area (Å²) in [7, 11) is 1.84. The number of aromatic nitrogens is 2. The first kappa shape index (κ1) is 14.0. The number of hydrogen-bond acceptors (Lipinski definition) is 3. The molecule has 1 fully saturated rings. The molecule has 2 rings (SSSR count). The van der Waals surface area contributed by atoms with Crippen LogP contribution in [0.15, 0.2) is 4.47 Å². The van der Waals surface area contributed by atoms with Crippen LogP contribution in [0.4, 0.5) is 0 Å². The summed E-state index contributed by atoms with van der Waals surface area (Å²) in [5.41, 5.74) is 1.78. The van der Waals surface area contributed by atoms with Gasteiger partial charge in [-0.25, -0.2) is 0 Å². The van der Waals surface area contributed by atoms with Crippen LogP contribution in [-0.2, 0) is 23.2 Å². The van der Waals surface area contributed by atoms with Crippen molar-refractivity contribution in [1.82, 2.24) is 20.0 Å². The number of piperazine rings is 1. The van der Waals surface area contributed by atoms with E-state index >= 15 is 0 Å². The highest BCUT2D eigenvalue weighted by Crippen LogP contribution is 2.23. The molecule has 1 aromatic rings. The highest BCUT2D eigenvalue weighted by Gasteiger charge is 2.34. The first-order chi connectivity index (χ1) is 8.95. The smallest absolute Gasteiger partial charge is 0.243 e. The number of nitrogens with one attached hydrogen (secondary N) is 1. The van der Waals surface area contributed by atoms with Crippen molar-refractivity contribution in [1.29, 1.82) is 0 Å². The van der Waals surface area contributed by atoms with Crippen LogP contribution in [0.5, 0.6) is 0 Å². The van der Waals surface area contributed by atoms with Gasteiger partial charge in [0.25, 0.3) is 0 Å². The SMILES string of the molecule is CCC1C(=O)NCC(=O)N1Cc1c(Br)c(C)nn1C. The Kier molecular flexibility index (Phi) is 3.93. The van der Waals surface area contributed by atoms with E-state index in [1.165, 1.54) is 0 Å². The van der Waals surface area contributed by atoms with Gasteiger partial charge in [-0.15, -0.1) is 0 Å². The van der Waals surface area contributed by atoms with Crippen LogP contribution >= 0.6 is 15.9 Å². The first-order valence-corrected chi connectivity index (χ1v) is 7.00. The second kappa shape index (κ2) is 5.32. The van der Waals surface area contributed by atoms with Gasteiger partial charge in [-0.2, -0.15) is 5.10 Å². The third kappa shape index (κ3) is 2.51. The fraction of sp³-hybridized carbons (Fsp3) is 0.583. The lowest BCUT2D eigenvalue weighted by molar-refractivity contribution is -0.146. The summed E-state index contributed by atoms with van der Waals surface area (Å²) in [6.07, 6.45) is 0.603. The number of aryl methyl sites for hydroxylation is 2. The lowest BCUT2D eigenvalue weighted by Crippen LogP contribution is -2.57. The minimum atomic E-state index is -0.400. The molecular weight excluding hydrogens is 312 g/mol. The maximum absolute atomic E-state index is 12.0. The molecule has 0 saturated carbocycles. The van der Waals surface area contributed by atoms with E-state index in [4.69, 9.17) is 0 Å². The van der Waals surface area contributed by atoms with E-state index in [2.05, 4.69) is 26.3 Å². The van der Waals surface area contributed by atoms with Gasteiger partial charge in [0.1, 0.15) is 6.04 Å². The second-order valence-electron chi connectivity index (χ2n) is 4.63. The van der Waals surface area contributed by atoms with Crippen molar-refractivity contribution in [3.8, 4) is 0 Å². The molecule has 2 amide bonds.